The molecule has 0 aromatic carbocycles. The van der Waals surface area contributed by atoms with E-state index in [1.54, 1.807) is 0 Å². The van der Waals surface area contributed by atoms with Crippen LogP contribution in [0, 0.1) is 0 Å². The smallest absolute Gasteiger partial charge is 0.173 e. The fraction of sp³-hybridized carbons (Fsp3) is 0.500. The minimum absolute atomic E-state index is 0.149. The highest BCUT2D eigenvalue weighted by Crippen LogP contribution is 2.33. The van der Waals surface area contributed by atoms with Crippen LogP contribution >= 0.6 is 11.6 Å². The zero-order valence-corrected chi connectivity index (χ0v) is 10.3. The number of hydrogen-bond donors (Lipinski definition) is 2. The summed E-state index contributed by atoms with van der Waals surface area (Å²) in [6, 6.07) is 0. The molecular weight excluding hydrogens is 279 g/mol. The van der Waals surface area contributed by atoms with Crippen molar-refractivity contribution >= 4 is 22.8 Å². The molecule has 1 fully saturated rings. The Labute approximate surface area is 111 Å². The first-order chi connectivity index (χ1) is 9.13. The maximum absolute atomic E-state index is 14.0. The number of aliphatic hydroxyl groups excluding tert-OH is 2. The summed E-state index contributed by atoms with van der Waals surface area (Å²) in [4.78, 5) is 11.7. The molecule has 1 aliphatic rings. The second-order valence-corrected chi connectivity index (χ2v) is 4.53. The van der Waals surface area contributed by atoms with Gasteiger partial charge in [-0.25, -0.2) is 19.3 Å². The predicted molar refractivity (Wildman–Crippen MR) is 62.2 cm³/mol. The first-order valence-electron chi connectivity index (χ1n) is 5.55. The lowest BCUT2D eigenvalue weighted by molar-refractivity contribution is -0.0459. The van der Waals surface area contributed by atoms with Crippen LogP contribution in [0.4, 0.5) is 4.39 Å². The van der Waals surface area contributed by atoms with Crippen LogP contribution in [0.5, 0.6) is 0 Å². The standard InChI is InChI=1S/C10H10ClFN4O3/c11-8-6-9(14-2-13-8)16(3-15-6)10-5(12)7(18)4(1-17)19-10/h2-5,7,10,17-18H,1H2/t4-,5+,7?,10-/m1/s1. The highest BCUT2D eigenvalue weighted by atomic mass is 35.5. The van der Waals surface area contributed by atoms with E-state index in [9.17, 15) is 9.50 Å². The average molecular weight is 289 g/mol. The lowest BCUT2D eigenvalue weighted by Crippen LogP contribution is -2.30. The minimum atomic E-state index is -1.69. The zero-order chi connectivity index (χ0) is 13.6. The Kier molecular flexibility index (Phi) is 3.09. The van der Waals surface area contributed by atoms with Gasteiger partial charge in [0.25, 0.3) is 0 Å². The number of aliphatic hydroxyl groups is 2. The van der Waals surface area contributed by atoms with Gasteiger partial charge < -0.3 is 14.9 Å². The Morgan fingerprint density at radius 1 is 1.42 bits per heavy atom. The molecule has 4 atom stereocenters. The van der Waals surface area contributed by atoms with Gasteiger partial charge in [-0.15, -0.1) is 0 Å². The van der Waals surface area contributed by atoms with E-state index in [0.717, 1.165) is 0 Å². The third-order valence-electron chi connectivity index (χ3n) is 3.06. The summed E-state index contributed by atoms with van der Waals surface area (Å²) in [5.41, 5.74) is 0.625. The van der Waals surface area contributed by atoms with E-state index in [1.165, 1.54) is 17.2 Å². The van der Waals surface area contributed by atoms with Crippen molar-refractivity contribution in [1.82, 2.24) is 19.5 Å². The number of halogens is 2. The van der Waals surface area contributed by atoms with Gasteiger partial charge in [0.2, 0.25) is 0 Å². The lowest BCUT2D eigenvalue weighted by atomic mass is 10.1. The highest BCUT2D eigenvalue weighted by molar-refractivity contribution is 6.33. The molecule has 3 rings (SSSR count). The largest absolute Gasteiger partial charge is 0.394 e. The Bertz CT molecular complexity index is 609. The molecule has 1 unspecified atom stereocenters. The number of rotatable bonds is 2. The topological polar surface area (TPSA) is 93.3 Å². The molecule has 19 heavy (non-hydrogen) atoms. The van der Waals surface area contributed by atoms with Gasteiger partial charge >= 0.3 is 0 Å². The van der Waals surface area contributed by atoms with Crippen molar-refractivity contribution in [3.8, 4) is 0 Å². The third kappa shape index (κ3) is 1.88. The van der Waals surface area contributed by atoms with Gasteiger partial charge in [-0.1, -0.05) is 11.6 Å². The van der Waals surface area contributed by atoms with E-state index in [2.05, 4.69) is 15.0 Å². The molecule has 1 saturated heterocycles. The van der Waals surface area contributed by atoms with Crippen molar-refractivity contribution in [2.45, 2.75) is 24.6 Å². The molecule has 7 nitrogen and oxygen atoms in total. The van der Waals surface area contributed by atoms with Crippen LogP contribution in [0.3, 0.4) is 0 Å². The SMILES string of the molecule is OC[C@H]1O[C@@H](n2cnc3c(Cl)ncnc32)[C@@H](F)C1O. The first-order valence-corrected chi connectivity index (χ1v) is 5.92. The van der Waals surface area contributed by atoms with Gasteiger partial charge in [0.1, 0.15) is 24.1 Å². The van der Waals surface area contributed by atoms with Gasteiger partial charge in [-0.05, 0) is 0 Å². The molecule has 0 radical (unpaired) electrons. The van der Waals surface area contributed by atoms with E-state index in [-0.39, 0.29) is 5.15 Å². The molecule has 0 amide bonds. The van der Waals surface area contributed by atoms with Gasteiger partial charge in [-0.2, -0.15) is 0 Å². The lowest BCUT2D eigenvalue weighted by Gasteiger charge is -2.14. The Balaban J connectivity index is 2.04. The second-order valence-electron chi connectivity index (χ2n) is 4.17. The summed E-state index contributed by atoms with van der Waals surface area (Å²) in [6.45, 7) is -0.472. The molecule has 0 saturated carbocycles. The number of imidazole rings is 1. The highest BCUT2D eigenvalue weighted by Gasteiger charge is 2.45. The number of ether oxygens (including phenoxy) is 1. The molecule has 2 aromatic rings. The van der Waals surface area contributed by atoms with E-state index < -0.39 is 31.2 Å². The van der Waals surface area contributed by atoms with E-state index in [4.69, 9.17) is 21.4 Å². The summed E-state index contributed by atoms with van der Waals surface area (Å²) in [7, 11) is 0. The molecule has 102 valence electrons. The minimum Gasteiger partial charge on any atom is -0.394 e. The fourth-order valence-corrected chi connectivity index (χ4v) is 2.26. The third-order valence-corrected chi connectivity index (χ3v) is 3.34. The van der Waals surface area contributed by atoms with Crippen molar-refractivity contribution in [3.05, 3.63) is 17.8 Å². The van der Waals surface area contributed by atoms with Crippen molar-refractivity contribution < 1.29 is 19.3 Å². The molecule has 1 aliphatic heterocycles. The molecule has 0 bridgehead atoms. The quantitative estimate of drug-likeness (QED) is 0.760. The van der Waals surface area contributed by atoms with Crippen LogP contribution in [0.1, 0.15) is 6.23 Å². The Morgan fingerprint density at radius 3 is 2.89 bits per heavy atom. The van der Waals surface area contributed by atoms with E-state index in [1.807, 2.05) is 0 Å². The van der Waals surface area contributed by atoms with Crippen LogP contribution in [0.25, 0.3) is 11.2 Å². The molecule has 0 spiro atoms. The van der Waals surface area contributed by atoms with Crippen LogP contribution in [0.2, 0.25) is 5.15 Å². The summed E-state index contributed by atoms with van der Waals surface area (Å²) in [6.07, 6.45) is -2.63. The number of hydrogen-bond acceptors (Lipinski definition) is 6. The molecule has 9 heteroatoms. The van der Waals surface area contributed by atoms with Gasteiger partial charge in [-0.3, -0.25) is 4.57 Å². The Morgan fingerprint density at radius 2 is 2.21 bits per heavy atom. The van der Waals surface area contributed by atoms with Crippen LogP contribution in [-0.4, -0.2) is 54.7 Å². The number of fused-ring (bicyclic) bond motifs is 1. The van der Waals surface area contributed by atoms with Gasteiger partial charge in [0.05, 0.1) is 12.9 Å². The van der Waals surface area contributed by atoms with Crippen molar-refractivity contribution in [1.29, 1.82) is 0 Å². The van der Waals surface area contributed by atoms with Gasteiger partial charge in [0, 0.05) is 0 Å². The van der Waals surface area contributed by atoms with Crippen molar-refractivity contribution in [3.63, 3.8) is 0 Å². The molecule has 2 N–H and O–H groups in total. The Hall–Kier alpha value is -1.35. The summed E-state index contributed by atoms with van der Waals surface area (Å²) in [5, 5.41) is 18.8. The van der Waals surface area contributed by atoms with Crippen LogP contribution < -0.4 is 0 Å². The predicted octanol–water partition coefficient (Wildman–Crippen LogP) is 0.0684. The summed E-state index contributed by atoms with van der Waals surface area (Å²) < 4.78 is 20.6. The molecular formula is C10H10ClFN4O3. The first kappa shape index (κ1) is 12.7. The fourth-order valence-electron chi connectivity index (χ4n) is 2.09. The van der Waals surface area contributed by atoms with E-state index >= 15 is 0 Å². The summed E-state index contributed by atoms with van der Waals surface area (Å²) in [5.74, 6) is 0. The summed E-state index contributed by atoms with van der Waals surface area (Å²) >= 11 is 5.85. The second kappa shape index (κ2) is 4.64. The number of nitrogens with zero attached hydrogens (tertiary/aromatic N) is 4. The monoisotopic (exact) mass is 288 g/mol. The van der Waals surface area contributed by atoms with Crippen LogP contribution in [-0.2, 0) is 4.74 Å². The number of alkyl halides is 1. The van der Waals surface area contributed by atoms with Crippen molar-refractivity contribution in [2.75, 3.05) is 6.61 Å². The average Bonchev–Trinajstić information content (AvgIpc) is 2.94. The van der Waals surface area contributed by atoms with E-state index in [0.29, 0.717) is 11.2 Å². The van der Waals surface area contributed by atoms with Crippen LogP contribution in [0.15, 0.2) is 12.7 Å². The number of aromatic nitrogens is 4. The van der Waals surface area contributed by atoms with Gasteiger partial charge in [0.15, 0.2) is 23.2 Å². The zero-order valence-electron chi connectivity index (χ0n) is 9.52. The molecule has 2 aromatic heterocycles. The normalized spacial score (nSPS) is 31.2. The molecule has 0 aliphatic carbocycles. The molecule has 3 heterocycles. The maximum atomic E-state index is 14.0. The van der Waals surface area contributed by atoms with Crippen molar-refractivity contribution in [2.24, 2.45) is 0 Å². The maximum Gasteiger partial charge on any atom is 0.173 e.